The van der Waals surface area contributed by atoms with Gasteiger partial charge in [0.1, 0.15) is 5.15 Å². The lowest BCUT2D eigenvalue weighted by Crippen LogP contribution is -2.13. The van der Waals surface area contributed by atoms with Gasteiger partial charge in [0.15, 0.2) is 0 Å². The SMILES string of the molecule is NCCC[C@@H](N)c1cccnc1Cl. The molecular weight excluding hydrogens is 186 g/mol. The van der Waals surface area contributed by atoms with Crippen molar-refractivity contribution in [3.05, 3.63) is 29.0 Å². The fraction of sp³-hybridized carbons (Fsp3) is 0.444. The average Bonchev–Trinajstić information content (AvgIpc) is 2.15. The number of hydrogen-bond acceptors (Lipinski definition) is 3. The largest absolute Gasteiger partial charge is 0.330 e. The topological polar surface area (TPSA) is 64.9 Å². The van der Waals surface area contributed by atoms with Crippen LogP contribution >= 0.6 is 11.6 Å². The molecule has 1 atom stereocenters. The number of rotatable bonds is 4. The van der Waals surface area contributed by atoms with Crippen LogP contribution in [0.25, 0.3) is 0 Å². The van der Waals surface area contributed by atoms with Gasteiger partial charge in [-0.1, -0.05) is 17.7 Å². The molecule has 0 aliphatic rings. The van der Waals surface area contributed by atoms with Crippen LogP contribution < -0.4 is 11.5 Å². The number of hydrogen-bond donors (Lipinski definition) is 2. The van der Waals surface area contributed by atoms with E-state index in [0.29, 0.717) is 11.7 Å². The van der Waals surface area contributed by atoms with Gasteiger partial charge in [0.25, 0.3) is 0 Å². The summed E-state index contributed by atoms with van der Waals surface area (Å²) < 4.78 is 0. The van der Waals surface area contributed by atoms with Gasteiger partial charge in [0.05, 0.1) is 0 Å². The summed E-state index contributed by atoms with van der Waals surface area (Å²) in [6, 6.07) is 3.68. The fourth-order valence-electron chi connectivity index (χ4n) is 1.17. The Bertz CT molecular complexity index is 265. The highest BCUT2D eigenvalue weighted by Crippen LogP contribution is 2.21. The predicted molar refractivity (Wildman–Crippen MR) is 54.5 cm³/mol. The molecule has 0 saturated carbocycles. The summed E-state index contributed by atoms with van der Waals surface area (Å²) >= 11 is 5.88. The van der Waals surface area contributed by atoms with Gasteiger partial charge in [-0.15, -0.1) is 0 Å². The van der Waals surface area contributed by atoms with Crippen molar-refractivity contribution in [2.75, 3.05) is 6.54 Å². The lowest BCUT2D eigenvalue weighted by atomic mass is 10.1. The highest BCUT2D eigenvalue weighted by atomic mass is 35.5. The van der Waals surface area contributed by atoms with Crippen molar-refractivity contribution >= 4 is 11.6 Å². The summed E-state index contributed by atoms with van der Waals surface area (Å²) in [6.45, 7) is 0.658. The summed E-state index contributed by atoms with van der Waals surface area (Å²) in [6.07, 6.45) is 3.41. The third kappa shape index (κ3) is 2.95. The van der Waals surface area contributed by atoms with E-state index in [1.165, 1.54) is 0 Å². The van der Waals surface area contributed by atoms with Crippen LogP contribution in [0.15, 0.2) is 18.3 Å². The molecule has 0 unspecified atom stereocenters. The minimum atomic E-state index is -0.0512. The summed E-state index contributed by atoms with van der Waals surface area (Å²) in [5, 5.41) is 0.493. The molecular formula is C9H14ClN3. The number of pyridine rings is 1. The van der Waals surface area contributed by atoms with Gasteiger partial charge in [0, 0.05) is 17.8 Å². The molecule has 4 heteroatoms. The molecule has 0 spiro atoms. The van der Waals surface area contributed by atoms with E-state index >= 15 is 0 Å². The monoisotopic (exact) mass is 199 g/mol. The highest BCUT2D eigenvalue weighted by Gasteiger charge is 2.09. The molecule has 1 heterocycles. The van der Waals surface area contributed by atoms with Gasteiger partial charge in [0.2, 0.25) is 0 Å². The van der Waals surface area contributed by atoms with Crippen LogP contribution in [0.3, 0.4) is 0 Å². The normalized spacial score (nSPS) is 12.8. The predicted octanol–water partition coefficient (Wildman–Crippen LogP) is 1.47. The van der Waals surface area contributed by atoms with E-state index in [-0.39, 0.29) is 6.04 Å². The van der Waals surface area contributed by atoms with E-state index in [1.807, 2.05) is 12.1 Å². The average molecular weight is 200 g/mol. The van der Waals surface area contributed by atoms with Gasteiger partial charge in [-0.05, 0) is 25.5 Å². The molecule has 72 valence electrons. The Hall–Kier alpha value is -0.640. The summed E-state index contributed by atoms with van der Waals surface area (Å²) in [7, 11) is 0. The third-order valence-electron chi connectivity index (χ3n) is 1.91. The molecule has 0 saturated heterocycles. The molecule has 0 aliphatic carbocycles. The number of nitrogens with zero attached hydrogens (tertiary/aromatic N) is 1. The van der Waals surface area contributed by atoms with E-state index < -0.39 is 0 Å². The van der Waals surface area contributed by atoms with Gasteiger partial charge < -0.3 is 11.5 Å². The van der Waals surface area contributed by atoms with Crippen LogP contribution in [0.1, 0.15) is 24.4 Å². The van der Waals surface area contributed by atoms with E-state index in [0.717, 1.165) is 18.4 Å². The Morgan fingerprint density at radius 2 is 2.31 bits per heavy atom. The fourth-order valence-corrected chi connectivity index (χ4v) is 1.43. The van der Waals surface area contributed by atoms with E-state index in [1.54, 1.807) is 6.20 Å². The van der Waals surface area contributed by atoms with Crippen molar-refractivity contribution in [3.8, 4) is 0 Å². The smallest absolute Gasteiger partial charge is 0.133 e. The number of nitrogens with two attached hydrogens (primary N) is 2. The molecule has 0 amide bonds. The highest BCUT2D eigenvalue weighted by molar-refractivity contribution is 6.30. The molecule has 1 aromatic heterocycles. The standard InChI is InChI=1S/C9H14ClN3/c10-9-7(3-2-6-13-9)8(12)4-1-5-11/h2-3,6,8H,1,4-5,11-12H2/t8-/m1/s1. The Morgan fingerprint density at radius 1 is 1.54 bits per heavy atom. The molecule has 0 fully saturated rings. The first-order chi connectivity index (χ1) is 6.25. The van der Waals surface area contributed by atoms with Crippen LogP contribution in [-0.2, 0) is 0 Å². The summed E-state index contributed by atoms with van der Waals surface area (Å²) in [4.78, 5) is 3.96. The van der Waals surface area contributed by atoms with Gasteiger partial charge >= 0.3 is 0 Å². The molecule has 1 aromatic rings. The van der Waals surface area contributed by atoms with Crippen LogP contribution in [-0.4, -0.2) is 11.5 Å². The molecule has 0 aromatic carbocycles. The second-order valence-corrected chi connectivity index (χ2v) is 3.28. The zero-order chi connectivity index (χ0) is 9.68. The third-order valence-corrected chi connectivity index (χ3v) is 2.22. The van der Waals surface area contributed by atoms with E-state index in [2.05, 4.69) is 4.98 Å². The minimum Gasteiger partial charge on any atom is -0.330 e. The van der Waals surface area contributed by atoms with Crippen molar-refractivity contribution < 1.29 is 0 Å². The van der Waals surface area contributed by atoms with Crippen LogP contribution in [0, 0.1) is 0 Å². The minimum absolute atomic E-state index is 0.0512. The van der Waals surface area contributed by atoms with Crippen molar-refractivity contribution in [2.24, 2.45) is 11.5 Å². The zero-order valence-electron chi connectivity index (χ0n) is 7.41. The summed E-state index contributed by atoms with van der Waals surface area (Å²) in [5.41, 5.74) is 12.2. The first-order valence-corrected chi connectivity index (χ1v) is 4.69. The van der Waals surface area contributed by atoms with Crippen LogP contribution in [0.4, 0.5) is 0 Å². The quantitative estimate of drug-likeness (QED) is 0.722. The van der Waals surface area contributed by atoms with Crippen molar-refractivity contribution in [2.45, 2.75) is 18.9 Å². The Morgan fingerprint density at radius 3 is 2.92 bits per heavy atom. The maximum absolute atomic E-state index is 5.90. The Kier molecular flexibility index (Phi) is 4.15. The van der Waals surface area contributed by atoms with Crippen molar-refractivity contribution in [1.82, 2.24) is 4.98 Å². The molecule has 0 aliphatic heterocycles. The van der Waals surface area contributed by atoms with Gasteiger partial charge in [-0.3, -0.25) is 0 Å². The molecule has 0 bridgehead atoms. The van der Waals surface area contributed by atoms with Crippen molar-refractivity contribution in [1.29, 1.82) is 0 Å². The number of halogens is 1. The molecule has 1 rings (SSSR count). The Labute approximate surface area is 83.1 Å². The van der Waals surface area contributed by atoms with E-state index in [9.17, 15) is 0 Å². The maximum atomic E-state index is 5.90. The van der Waals surface area contributed by atoms with Crippen LogP contribution in [0.2, 0.25) is 5.15 Å². The van der Waals surface area contributed by atoms with Crippen molar-refractivity contribution in [3.63, 3.8) is 0 Å². The summed E-state index contributed by atoms with van der Waals surface area (Å²) in [5.74, 6) is 0. The first-order valence-electron chi connectivity index (χ1n) is 4.31. The Balaban J connectivity index is 2.65. The van der Waals surface area contributed by atoms with Gasteiger partial charge in [-0.2, -0.15) is 0 Å². The van der Waals surface area contributed by atoms with E-state index in [4.69, 9.17) is 23.1 Å². The first kappa shape index (κ1) is 10.4. The van der Waals surface area contributed by atoms with Crippen LogP contribution in [0.5, 0.6) is 0 Å². The molecule has 13 heavy (non-hydrogen) atoms. The lowest BCUT2D eigenvalue weighted by molar-refractivity contribution is 0.616. The second kappa shape index (κ2) is 5.17. The number of aromatic nitrogens is 1. The molecule has 3 nitrogen and oxygen atoms in total. The molecule has 4 N–H and O–H groups in total. The molecule has 0 radical (unpaired) electrons. The zero-order valence-corrected chi connectivity index (χ0v) is 8.17. The lowest BCUT2D eigenvalue weighted by Gasteiger charge is -2.11. The maximum Gasteiger partial charge on any atom is 0.133 e. The second-order valence-electron chi connectivity index (χ2n) is 2.92. The van der Waals surface area contributed by atoms with Gasteiger partial charge in [-0.25, -0.2) is 4.98 Å².